The summed E-state index contributed by atoms with van der Waals surface area (Å²) in [7, 11) is 0. The van der Waals surface area contributed by atoms with Gasteiger partial charge in [0.05, 0.1) is 57.6 Å². The Morgan fingerprint density at radius 2 is 0.636 bits per heavy atom. The molecule has 0 aromatic rings. The molecule has 0 aliphatic carbocycles. The van der Waals surface area contributed by atoms with Crippen molar-refractivity contribution in [1.29, 1.82) is 0 Å². The molecule has 0 aromatic heterocycles. The van der Waals surface area contributed by atoms with Crippen LogP contribution in [0.25, 0.3) is 0 Å². The largest absolute Gasteiger partial charge is 0.480 e. The van der Waals surface area contributed by atoms with Crippen LogP contribution >= 0.6 is 0 Å². The van der Waals surface area contributed by atoms with E-state index in [0.29, 0.717) is 45.8 Å². The lowest BCUT2D eigenvalue weighted by Crippen LogP contribution is -2.54. The van der Waals surface area contributed by atoms with Gasteiger partial charge in [0.15, 0.2) is 0 Å². The molecule has 2 rings (SSSR count). The normalized spacial score (nSPS) is 21.9. The van der Waals surface area contributed by atoms with E-state index in [9.17, 15) is 85.3 Å². The number of rotatable bonds is 25. The Kier molecular flexibility index (Phi) is 28.3. The van der Waals surface area contributed by atoms with Gasteiger partial charge in [-0.2, -0.15) is 0 Å². The van der Waals surface area contributed by atoms with Gasteiger partial charge in [-0.3, -0.25) is 63.2 Å². The molecule has 0 radical (unpaired) electrons. The van der Waals surface area contributed by atoms with E-state index in [2.05, 4.69) is 4.90 Å². The fourth-order valence-corrected chi connectivity index (χ4v) is 8.05. The lowest BCUT2D eigenvalue weighted by molar-refractivity contribution is -0.140. The van der Waals surface area contributed by atoms with Crippen molar-refractivity contribution in [3.05, 3.63) is 0 Å². The summed E-state index contributed by atoms with van der Waals surface area (Å²) < 4.78 is 0. The number of aliphatic hydroxyl groups is 7. The molecule has 0 bridgehead atoms. The van der Waals surface area contributed by atoms with Crippen LogP contribution in [0.3, 0.4) is 0 Å². The minimum absolute atomic E-state index is 0.0190. The van der Waals surface area contributed by atoms with Gasteiger partial charge in [0.25, 0.3) is 0 Å². The second-order valence-corrected chi connectivity index (χ2v) is 17.2. The molecule has 26 nitrogen and oxygen atoms in total. The van der Waals surface area contributed by atoms with Crippen molar-refractivity contribution < 1.29 is 85.3 Å². The molecular formula is C40H77N9O17. The molecule has 2 fully saturated rings. The van der Waals surface area contributed by atoms with Gasteiger partial charge in [0, 0.05) is 137 Å². The third kappa shape index (κ3) is 25.2. The molecule has 0 spiro atoms. The molecule has 0 saturated carbocycles. The minimum Gasteiger partial charge on any atom is -0.480 e. The van der Waals surface area contributed by atoms with Crippen LogP contribution in [-0.4, -0.2) is 355 Å². The maximum Gasteiger partial charge on any atom is 0.317 e. The summed E-state index contributed by atoms with van der Waals surface area (Å²) in [4.78, 5) is 74.2. The summed E-state index contributed by atoms with van der Waals surface area (Å²) in [5, 5.41) is 123. The third-order valence-corrected chi connectivity index (χ3v) is 11.7. The van der Waals surface area contributed by atoms with Crippen LogP contribution in [0.15, 0.2) is 0 Å². The number of hydrogen-bond acceptors (Lipinski definition) is 21. The fourth-order valence-electron chi connectivity index (χ4n) is 8.05. The smallest absolute Gasteiger partial charge is 0.317 e. The van der Waals surface area contributed by atoms with E-state index in [0.717, 1.165) is 0 Å². The average Bonchev–Trinajstić information content (AvgIpc) is 3.22. The van der Waals surface area contributed by atoms with Crippen LogP contribution in [0.4, 0.5) is 0 Å². The zero-order chi connectivity index (χ0) is 49.3. The standard InChI is InChI=1S/C40H77N9O17/c1-2-41-3-5-44(24-34(55)56)11-7-42(8-12-45(6-4-41)25-35(57)58)19-30(51)21-49(23-32(53)39(65)40(66)33(54)29-50)22-31(52)20-43-9-13-46(26-36(59)60)15-17-48(28-38(63)64)18-16-47(14-10-43)27-37(61)62/h30-33,39-40,50-54,65-66H,2-29H2,1H3,(H,55,56)(H,57,58)(H,59,60)(H,61,62)(H,63,64). The third-order valence-electron chi connectivity index (χ3n) is 11.7. The van der Waals surface area contributed by atoms with Gasteiger partial charge in [-0.15, -0.1) is 0 Å². The predicted molar refractivity (Wildman–Crippen MR) is 235 cm³/mol. The van der Waals surface area contributed by atoms with E-state index >= 15 is 0 Å². The molecular weight excluding hydrogens is 878 g/mol. The molecule has 2 saturated heterocycles. The summed E-state index contributed by atoms with van der Waals surface area (Å²) in [6.45, 7) is 3.87. The first-order valence-corrected chi connectivity index (χ1v) is 22.5. The van der Waals surface area contributed by atoms with Crippen molar-refractivity contribution in [2.45, 2.75) is 43.5 Å². The fraction of sp³-hybridized carbons (Fsp3) is 0.875. The molecule has 6 atom stereocenters. The summed E-state index contributed by atoms with van der Waals surface area (Å²) in [5.74, 6) is -5.33. The SMILES string of the molecule is CCN1CCN(CC(=O)O)CCN(CC(O)CN(CC(O)CN2CCN(CC(=O)O)CCN(CC(=O)O)CCN(CC(=O)O)CC2)CC(O)C(O)C(O)C(O)CO)CCN(CC(=O)O)CC1. The van der Waals surface area contributed by atoms with E-state index in [1.54, 1.807) is 29.4 Å². The molecule has 66 heavy (non-hydrogen) atoms. The lowest BCUT2D eigenvalue weighted by Gasteiger charge is -2.36. The highest BCUT2D eigenvalue weighted by Gasteiger charge is 2.33. The molecule has 0 aromatic carbocycles. The molecule has 12 N–H and O–H groups in total. The zero-order valence-electron chi connectivity index (χ0n) is 38.2. The van der Waals surface area contributed by atoms with Crippen molar-refractivity contribution in [2.24, 2.45) is 0 Å². The molecule has 2 aliphatic rings. The van der Waals surface area contributed by atoms with Crippen LogP contribution in [-0.2, 0) is 24.0 Å². The second-order valence-electron chi connectivity index (χ2n) is 17.2. The Morgan fingerprint density at radius 1 is 0.394 bits per heavy atom. The quantitative estimate of drug-likeness (QED) is 0.0404. The van der Waals surface area contributed by atoms with Crippen molar-refractivity contribution >= 4 is 29.8 Å². The van der Waals surface area contributed by atoms with Gasteiger partial charge in [0.2, 0.25) is 0 Å². The Balaban J connectivity index is 2.37. The predicted octanol–water partition coefficient (Wildman–Crippen LogP) is -7.67. The van der Waals surface area contributed by atoms with Crippen molar-refractivity contribution in [2.75, 3.05) is 183 Å². The number of nitrogens with zero attached hydrogens (tertiary/aromatic N) is 9. The highest BCUT2D eigenvalue weighted by atomic mass is 16.4. The maximum absolute atomic E-state index is 11.8. The molecule has 384 valence electrons. The van der Waals surface area contributed by atoms with E-state index < -0.39 is 79.6 Å². The van der Waals surface area contributed by atoms with Crippen LogP contribution in [0, 0.1) is 0 Å². The Labute approximate surface area is 385 Å². The topological polar surface area (TPSA) is 357 Å². The highest BCUT2D eigenvalue weighted by molar-refractivity contribution is 5.70. The van der Waals surface area contributed by atoms with Gasteiger partial charge in [-0.25, -0.2) is 0 Å². The molecule has 2 heterocycles. The van der Waals surface area contributed by atoms with Crippen molar-refractivity contribution in [3.8, 4) is 0 Å². The number of carboxylic acid groups (broad SMARTS) is 5. The Hall–Kier alpha value is -3.29. The molecule has 6 unspecified atom stereocenters. The number of carbonyl (C=O) groups is 5. The number of hydrogen-bond donors (Lipinski definition) is 12. The number of aliphatic carboxylic acids is 5. The first-order valence-electron chi connectivity index (χ1n) is 22.5. The van der Waals surface area contributed by atoms with Crippen LogP contribution in [0.5, 0.6) is 0 Å². The van der Waals surface area contributed by atoms with Gasteiger partial charge >= 0.3 is 29.8 Å². The first-order chi connectivity index (χ1) is 31.2. The van der Waals surface area contributed by atoms with Gasteiger partial charge < -0.3 is 66.2 Å². The number of aliphatic hydroxyl groups excluding tert-OH is 7. The molecule has 26 heteroatoms. The number of carboxylic acids is 5. The van der Waals surface area contributed by atoms with E-state index in [1.807, 2.05) is 11.8 Å². The van der Waals surface area contributed by atoms with Crippen LogP contribution in [0.2, 0.25) is 0 Å². The monoisotopic (exact) mass is 956 g/mol. The molecule has 0 amide bonds. The van der Waals surface area contributed by atoms with Crippen LogP contribution in [0.1, 0.15) is 6.92 Å². The van der Waals surface area contributed by atoms with Crippen molar-refractivity contribution in [3.63, 3.8) is 0 Å². The second kappa shape index (κ2) is 31.7. The zero-order valence-corrected chi connectivity index (χ0v) is 38.2. The summed E-state index contributed by atoms with van der Waals surface area (Å²) >= 11 is 0. The lowest BCUT2D eigenvalue weighted by atomic mass is 10.0. The van der Waals surface area contributed by atoms with Crippen molar-refractivity contribution in [1.82, 2.24) is 44.1 Å². The summed E-state index contributed by atoms with van der Waals surface area (Å²) in [5.41, 5.74) is 0. The Bertz CT molecular complexity index is 1380. The average molecular weight is 956 g/mol. The Morgan fingerprint density at radius 3 is 0.879 bits per heavy atom. The summed E-state index contributed by atoms with van der Waals surface area (Å²) in [6, 6.07) is 0. The van der Waals surface area contributed by atoms with E-state index in [1.165, 1.54) is 4.90 Å². The number of β-amino-alcohol motifs (C(OH)–C–C–N with tert-alkyl or cyclic N) is 2. The van der Waals surface area contributed by atoms with Gasteiger partial charge in [-0.1, -0.05) is 6.92 Å². The highest BCUT2D eigenvalue weighted by Crippen LogP contribution is 2.11. The molecule has 2 aliphatic heterocycles. The van der Waals surface area contributed by atoms with Gasteiger partial charge in [0.1, 0.15) is 18.3 Å². The van der Waals surface area contributed by atoms with Crippen LogP contribution < -0.4 is 0 Å². The van der Waals surface area contributed by atoms with Gasteiger partial charge in [-0.05, 0) is 6.54 Å². The van der Waals surface area contributed by atoms with E-state index in [4.69, 9.17) is 0 Å². The minimum atomic E-state index is -1.97. The number of likely N-dealkylation sites (N-methyl/N-ethyl adjacent to an activating group) is 1. The first kappa shape index (κ1) is 58.8. The maximum atomic E-state index is 11.8. The summed E-state index contributed by atoms with van der Waals surface area (Å²) in [6.07, 6.45) is -9.95. The van der Waals surface area contributed by atoms with E-state index in [-0.39, 0.29) is 124 Å².